The SMILES string of the molecule is Cn1c(CNC(CCO)c2ccccc2)nnc1C1CC1. The monoisotopic (exact) mass is 286 g/mol. The van der Waals surface area contributed by atoms with Gasteiger partial charge in [-0.1, -0.05) is 30.3 Å². The first-order valence-electron chi connectivity index (χ1n) is 7.57. The van der Waals surface area contributed by atoms with E-state index in [1.807, 2.05) is 25.2 Å². The number of hydrogen-bond acceptors (Lipinski definition) is 4. The van der Waals surface area contributed by atoms with Crippen molar-refractivity contribution in [1.29, 1.82) is 0 Å². The van der Waals surface area contributed by atoms with E-state index in [2.05, 4.69) is 32.2 Å². The maximum Gasteiger partial charge on any atom is 0.146 e. The summed E-state index contributed by atoms with van der Waals surface area (Å²) in [4.78, 5) is 0. The minimum atomic E-state index is 0.136. The van der Waals surface area contributed by atoms with Gasteiger partial charge in [-0.3, -0.25) is 0 Å². The molecule has 1 aromatic carbocycles. The van der Waals surface area contributed by atoms with Crippen molar-refractivity contribution in [3.8, 4) is 0 Å². The highest BCUT2D eigenvalue weighted by Crippen LogP contribution is 2.38. The lowest BCUT2D eigenvalue weighted by molar-refractivity contribution is 0.264. The molecule has 5 nitrogen and oxygen atoms in total. The Kier molecular flexibility index (Phi) is 4.31. The Labute approximate surface area is 125 Å². The summed E-state index contributed by atoms with van der Waals surface area (Å²) in [6, 6.07) is 10.4. The number of aliphatic hydroxyl groups is 1. The largest absolute Gasteiger partial charge is 0.396 e. The predicted octanol–water partition coefficient (Wildman–Crippen LogP) is 1.91. The number of hydrogen-bond donors (Lipinski definition) is 2. The molecule has 0 saturated heterocycles. The maximum absolute atomic E-state index is 9.26. The molecule has 21 heavy (non-hydrogen) atoms. The molecule has 1 atom stereocenters. The topological polar surface area (TPSA) is 63.0 Å². The minimum Gasteiger partial charge on any atom is -0.396 e. The molecule has 2 aromatic rings. The number of rotatable bonds is 7. The lowest BCUT2D eigenvalue weighted by atomic mass is 10.0. The molecule has 1 fully saturated rings. The van der Waals surface area contributed by atoms with Gasteiger partial charge in [0, 0.05) is 25.6 Å². The molecule has 3 rings (SSSR count). The van der Waals surface area contributed by atoms with Crippen LogP contribution in [0.5, 0.6) is 0 Å². The van der Waals surface area contributed by atoms with E-state index >= 15 is 0 Å². The third kappa shape index (κ3) is 3.31. The summed E-state index contributed by atoms with van der Waals surface area (Å²) in [5, 5.41) is 21.3. The molecular formula is C16H22N4O. The quantitative estimate of drug-likeness (QED) is 0.816. The maximum atomic E-state index is 9.26. The third-order valence-corrected chi connectivity index (χ3v) is 4.07. The predicted molar refractivity (Wildman–Crippen MR) is 80.7 cm³/mol. The van der Waals surface area contributed by atoms with Crippen molar-refractivity contribution in [2.24, 2.45) is 7.05 Å². The zero-order chi connectivity index (χ0) is 14.7. The summed E-state index contributed by atoms with van der Waals surface area (Å²) < 4.78 is 2.10. The molecule has 1 saturated carbocycles. The van der Waals surface area contributed by atoms with E-state index in [1.165, 1.54) is 18.4 Å². The van der Waals surface area contributed by atoms with Crippen molar-refractivity contribution in [2.45, 2.75) is 37.8 Å². The fourth-order valence-electron chi connectivity index (χ4n) is 2.64. The Morgan fingerprint density at radius 1 is 1.29 bits per heavy atom. The Bertz CT molecular complexity index is 577. The minimum absolute atomic E-state index is 0.136. The van der Waals surface area contributed by atoms with Gasteiger partial charge in [0.25, 0.3) is 0 Å². The molecule has 5 heteroatoms. The summed E-state index contributed by atoms with van der Waals surface area (Å²) >= 11 is 0. The summed E-state index contributed by atoms with van der Waals surface area (Å²) in [6.45, 7) is 0.828. The van der Waals surface area contributed by atoms with Crippen LogP contribution in [-0.2, 0) is 13.6 Å². The zero-order valence-electron chi connectivity index (χ0n) is 12.4. The normalized spacial score (nSPS) is 16.1. The molecule has 1 aliphatic rings. The second-order valence-electron chi connectivity index (χ2n) is 5.66. The highest BCUT2D eigenvalue weighted by molar-refractivity contribution is 5.19. The van der Waals surface area contributed by atoms with Gasteiger partial charge in [-0.15, -0.1) is 10.2 Å². The lowest BCUT2D eigenvalue weighted by Crippen LogP contribution is -2.23. The van der Waals surface area contributed by atoms with Crippen molar-refractivity contribution in [3.05, 3.63) is 47.5 Å². The van der Waals surface area contributed by atoms with Crippen molar-refractivity contribution in [2.75, 3.05) is 6.61 Å². The molecule has 0 aliphatic heterocycles. The molecule has 1 aromatic heterocycles. The Hall–Kier alpha value is -1.72. The third-order valence-electron chi connectivity index (χ3n) is 4.07. The average molecular weight is 286 g/mol. The van der Waals surface area contributed by atoms with Crippen molar-refractivity contribution < 1.29 is 5.11 Å². The van der Waals surface area contributed by atoms with Crippen molar-refractivity contribution in [3.63, 3.8) is 0 Å². The number of aliphatic hydroxyl groups excluding tert-OH is 1. The van der Waals surface area contributed by atoms with Gasteiger partial charge in [-0.25, -0.2) is 0 Å². The van der Waals surface area contributed by atoms with Crippen molar-refractivity contribution >= 4 is 0 Å². The molecule has 0 amide bonds. The zero-order valence-corrected chi connectivity index (χ0v) is 12.4. The fraction of sp³-hybridized carbons (Fsp3) is 0.500. The van der Waals surface area contributed by atoms with E-state index in [4.69, 9.17) is 0 Å². The van der Waals surface area contributed by atoms with Gasteiger partial charge in [-0.2, -0.15) is 0 Å². The van der Waals surface area contributed by atoms with E-state index < -0.39 is 0 Å². The fourth-order valence-corrected chi connectivity index (χ4v) is 2.64. The Balaban J connectivity index is 1.66. The number of nitrogens with zero attached hydrogens (tertiary/aromatic N) is 3. The molecule has 1 unspecified atom stereocenters. The van der Waals surface area contributed by atoms with E-state index in [1.54, 1.807) is 0 Å². The second kappa shape index (κ2) is 6.37. The van der Waals surface area contributed by atoms with Gasteiger partial charge in [0.05, 0.1) is 6.54 Å². The average Bonchev–Trinajstić information content (AvgIpc) is 3.29. The molecule has 0 bridgehead atoms. The van der Waals surface area contributed by atoms with Gasteiger partial charge in [0.1, 0.15) is 11.6 Å². The number of nitrogens with one attached hydrogen (secondary N) is 1. The van der Waals surface area contributed by atoms with Crippen LogP contribution in [0.1, 0.15) is 48.4 Å². The first-order chi connectivity index (χ1) is 10.3. The van der Waals surface area contributed by atoms with E-state index in [0.29, 0.717) is 18.9 Å². The molecule has 0 radical (unpaired) electrons. The second-order valence-corrected chi connectivity index (χ2v) is 5.66. The van der Waals surface area contributed by atoms with Crippen LogP contribution in [0.3, 0.4) is 0 Å². The Morgan fingerprint density at radius 3 is 2.71 bits per heavy atom. The van der Waals surface area contributed by atoms with Crippen LogP contribution in [0.25, 0.3) is 0 Å². The first-order valence-corrected chi connectivity index (χ1v) is 7.57. The standard InChI is InChI=1S/C16H22N4O/c1-20-15(18-19-16(20)13-7-8-13)11-17-14(9-10-21)12-5-3-2-4-6-12/h2-6,13-14,17,21H,7-11H2,1H3. The van der Waals surface area contributed by atoms with Gasteiger partial charge in [0.2, 0.25) is 0 Å². The summed E-state index contributed by atoms with van der Waals surface area (Å²) in [5.41, 5.74) is 1.19. The van der Waals surface area contributed by atoms with E-state index in [9.17, 15) is 5.11 Å². The number of benzene rings is 1. The lowest BCUT2D eigenvalue weighted by Gasteiger charge is -2.18. The van der Waals surface area contributed by atoms with E-state index in [-0.39, 0.29) is 12.6 Å². The van der Waals surface area contributed by atoms with Crippen LogP contribution < -0.4 is 5.32 Å². The van der Waals surface area contributed by atoms with Crippen molar-refractivity contribution in [1.82, 2.24) is 20.1 Å². The molecular weight excluding hydrogens is 264 g/mol. The summed E-state index contributed by atoms with van der Waals surface area (Å²) in [7, 11) is 2.04. The van der Waals surface area contributed by atoms with Crippen LogP contribution in [0.2, 0.25) is 0 Å². The van der Waals surface area contributed by atoms with Gasteiger partial charge in [0.15, 0.2) is 0 Å². The van der Waals surface area contributed by atoms with Gasteiger partial charge >= 0.3 is 0 Å². The molecule has 1 aliphatic carbocycles. The Morgan fingerprint density at radius 2 is 2.05 bits per heavy atom. The molecule has 112 valence electrons. The van der Waals surface area contributed by atoms with E-state index in [0.717, 1.165) is 11.6 Å². The highest BCUT2D eigenvalue weighted by Gasteiger charge is 2.29. The van der Waals surface area contributed by atoms with Crippen LogP contribution >= 0.6 is 0 Å². The van der Waals surface area contributed by atoms with Gasteiger partial charge in [-0.05, 0) is 24.8 Å². The van der Waals surface area contributed by atoms with Crippen LogP contribution in [0.4, 0.5) is 0 Å². The number of aromatic nitrogens is 3. The first kappa shape index (κ1) is 14.2. The summed E-state index contributed by atoms with van der Waals surface area (Å²) in [6.07, 6.45) is 3.16. The summed E-state index contributed by atoms with van der Waals surface area (Å²) in [5.74, 6) is 2.67. The smallest absolute Gasteiger partial charge is 0.146 e. The highest BCUT2D eigenvalue weighted by atomic mass is 16.3. The van der Waals surface area contributed by atoms with Crippen LogP contribution in [0, 0.1) is 0 Å². The molecule has 0 spiro atoms. The molecule has 1 heterocycles. The van der Waals surface area contributed by atoms with Crippen LogP contribution in [-0.4, -0.2) is 26.5 Å². The van der Waals surface area contributed by atoms with Crippen LogP contribution in [0.15, 0.2) is 30.3 Å². The van der Waals surface area contributed by atoms with Gasteiger partial charge < -0.3 is 15.0 Å². The molecule has 2 N–H and O–H groups in total.